The van der Waals surface area contributed by atoms with Crippen molar-refractivity contribution in [3.63, 3.8) is 0 Å². The molecule has 1 aliphatic heterocycles. The van der Waals surface area contributed by atoms with E-state index in [0.29, 0.717) is 19.7 Å². The molecule has 0 aliphatic carbocycles. The summed E-state index contributed by atoms with van der Waals surface area (Å²) in [6.45, 7) is 3.37. The number of sulfone groups is 1. The molecule has 0 aromatic heterocycles. The van der Waals surface area contributed by atoms with E-state index < -0.39 is 9.84 Å². The third kappa shape index (κ3) is 5.69. The van der Waals surface area contributed by atoms with Crippen molar-refractivity contribution < 1.29 is 22.7 Å². The zero-order valence-corrected chi connectivity index (χ0v) is 16.4. The van der Waals surface area contributed by atoms with Gasteiger partial charge in [-0.25, -0.2) is 8.42 Å². The van der Waals surface area contributed by atoms with Crippen LogP contribution < -0.4 is 5.32 Å². The lowest BCUT2D eigenvalue weighted by atomic mass is 9.98. The number of esters is 1. The summed E-state index contributed by atoms with van der Waals surface area (Å²) in [6.07, 6.45) is 2.64. The summed E-state index contributed by atoms with van der Waals surface area (Å²) < 4.78 is 28.3. The van der Waals surface area contributed by atoms with Crippen LogP contribution in [0.3, 0.4) is 0 Å². The van der Waals surface area contributed by atoms with Crippen LogP contribution in [0.5, 0.6) is 0 Å². The monoisotopic (exact) mass is 402 g/mol. The van der Waals surface area contributed by atoms with Gasteiger partial charge in [0.05, 0.1) is 34.7 Å². The molecule has 26 heavy (non-hydrogen) atoms. The van der Waals surface area contributed by atoms with Crippen molar-refractivity contribution in [1.82, 2.24) is 4.90 Å². The minimum absolute atomic E-state index is 0.0811. The van der Waals surface area contributed by atoms with Gasteiger partial charge < -0.3 is 10.1 Å². The average molecular weight is 403 g/mol. The first-order chi connectivity index (χ1) is 12.2. The zero-order chi connectivity index (χ0) is 19.3. The molecule has 0 radical (unpaired) electrons. The summed E-state index contributed by atoms with van der Waals surface area (Å²) >= 11 is 6.05. The lowest BCUT2D eigenvalue weighted by Gasteiger charge is -2.30. The van der Waals surface area contributed by atoms with Crippen molar-refractivity contribution >= 4 is 39.0 Å². The molecule has 1 amide bonds. The standard InChI is InChI=1S/C17H23ClN2O5S/c1-3-25-17(22)12-5-4-8-20(10-12)11-16(21)19-15-9-13(26(2,23)24)6-7-14(15)18/h6-7,9,12H,3-5,8,10-11H2,1-2H3,(H,19,21)/t12-/m0/s1. The lowest BCUT2D eigenvalue weighted by molar-refractivity contribution is -0.150. The van der Waals surface area contributed by atoms with Gasteiger partial charge in [-0.2, -0.15) is 0 Å². The summed E-state index contributed by atoms with van der Waals surface area (Å²) in [4.78, 5) is 26.2. The number of benzene rings is 1. The van der Waals surface area contributed by atoms with Gasteiger partial charge in [-0.05, 0) is 44.5 Å². The molecular formula is C17H23ClN2O5S. The Morgan fingerprint density at radius 1 is 1.38 bits per heavy atom. The molecule has 1 aromatic carbocycles. The number of piperidine rings is 1. The van der Waals surface area contributed by atoms with Gasteiger partial charge in [0.25, 0.3) is 0 Å². The molecule has 144 valence electrons. The number of hydrogen-bond donors (Lipinski definition) is 1. The third-order valence-electron chi connectivity index (χ3n) is 4.13. The van der Waals surface area contributed by atoms with Crippen LogP contribution in [-0.4, -0.2) is 57.7 Å². The molecule has 1 fully saturated rings. The molecule has 7 nitrogen and oxygen atoms in total. The van der Waals surface area contributed by atoms with Crippen molar-refractivity contribution in [2.24, 2.45) is 5.92 Å². The second kappa shape index (κ2) is 8.83. The van der Waals surface area contributed by atoms with Crippen LogP contribution in [-0.2, 0) is 24.2 Å². The van der Waals surface area contributed by atoms with E-state index in [0.717, 1.165) is 19.1 Å². The molecule has 0 spiro atoms. The maximum atomic E-state index is 12.3. The van der Waals surface area contributed by atoms with E-state index in [1.165, 1.54) is 18.2 Å². The lowest BCUT2D eigenvalue weighted by Crippen LogP contribution is -2.43. The Labute approximate surface area is 158 Å². The summed E-state index contributed by atoms with van der Waals surface area (Å²) in [7, 11) is -3.40. The van der Waals surface area contributed by atoms with Crippen molar-refractivity contribution in [2.75, 3.05) is 37.8 Å². The molecule has 1 atom stereocenters. The van der Waals surface area contributed by atoms with E-state index in [9.17, 15) is 18.0 Å². The molecule has 2 rings (SSSR count). The maximum absolute atomic E-state index is 12.3. The van der Waals surface area contributed by atoms with E-state index in [2.05, 4.69) is 5.32 Å². The molecule has 0 bridgehead atoms. The number of halogens is 1. The number of amides is 1. The summed E-state index contributed by atoms with van der Waals surface area (Å²) in [5, 5.41) is 2.90. The third-order valence-corrected chi connectivity index (χ3v) is 5.57. The first-order valence-corrected chi connectivity index (χ1v) is 10.7. The number of hydrogen-bond acceptors (Lipinski definition) is 6. The van der Waals surface area contributed by atoms with Crippen molar-refractivity contribution in [1.29, 1.82) is 0 Å². The Morgan fingerprint density at radius 2 is 2.12 bits per heavy atom. The second-order valence-electron chi connectivity index (χ2n) is 6.29. The predicted octanol–water partition coefficient (Wildman–Crippen LogP) is 1.96. The van der Waals surface area contributed by atoms with Gasteiger partial charge >= 0.3 is 5.97 Å². The van der Waals surface area contributed by atoms with E-state index in [4.69, 9.17) is 16.3 Å². The highest BCUT2D eigenvalue weighted by Crippen LogP contribution is 2.25. The quantitative estimate of drug-likeness (QED) is 0.731. The maximum Gasteiger partial charge on any atom is 0.310 e. The Kier molecular flexibility index (Phi) is 7.02. The molecule has 1 saturated heterocycles. The van der Waals surface area contributed by atoms with E-state index in [-0.39, 0.29) is 39.9 Å². The normalized spacial score (nSPS) is 18.3. The Morgan fingerprint density at radius 3 is 2.77 bits per heavy atom. The van der Waals surface area contributed by atoms with Gasteiger partial charge in [-0.15, -0.1) is 0 Å². The summed E-state index contributed by atoms with van der Waals surface area (Å²) in [6, 6.07) is 4.17. The highest BCUT2D eigenvalue weighted by atomic mass is 35.5. The highest BCUT2D eigenvalue weighted by molar-refractivity contribution is 7.90. The van der Waals surface area contributed by atoms with Crippen LogP contribution in [0.15, 0.2) is 23.1 Å². The molecule has 0 unspecified atom stereocenters. The zero-order valence-electron chi connectivity index (χ0n) is 14.8. The van der Waals surface area contributed by atoms with Crippen molar-refractivity contribution in [3.8, 4) is 0 Å². The molecular weight excluding hydrogens is 380 g/mol. The van der Waals surface area contributed by atoms with Crippen molar-refractivity contribution in [3.05, 3.63) is 23.2 Å². The number of anilines is 1. The molecule has 0 saturated carbocycles. The van der Waals surface area contributed by atoms with Crippen molar-refractivity contribution in [2.45, 2.75) is 24.7 Å². The first kappa shape index (κ1) is 20.7. The van der Waals surface area contributed by atoms with E-state index >= 15 is 0 Å². The Hall–Kier alpha value is -1.64. The molecule has 1 aliphatic rings. The van der Waals surface area contributed by atoms with Gasteiger partial charge in [0.15, 0.2) is 9.84 Å². The van der Waals surface area contributed by atoms with E-state index in [1.807, 2.05) is 4.90 Å². The van der Waals surface area contributed by atoms with Gasteiger partial charge in [0.1, 0.15) is 0 Å². The number of nitrogens with zero attached hydrogens (tertiary/aromatic N) is 1. The minimum atomic E-state index is -3.40. The van der Waals surface area contributed by atoms with Crippen LogP contribution >= 0.6 is 11.6 Å². The minimum Gasteiger partial charge on any atom is -0.466 e. The molecule has 1 N–H and O–H groups in total. The fourth-order valence-corrected chi connectivity index (χ4v) is 3.69. The van der Waals surface area contributed by atoms with Gasteiger partial charge in [0.2, 0.25) is 5.91 Å². The van der Waals surface area contributed by atoms with Crippen LogP contribution in [0.4, 0.5) is 5.69 Å². The van der Waals surface area contributed by atoms with Gasteiger partial charge in [-0.3, -0.25) is 14.5 Å². The molecule has 1 heterocycles. The fraction of sp³-hybridized carbons (Fsp3) is 0.529. The Bertz CT molecular complexity index is 781. The van der Waals surface area contributed by atoms with Crippen LogP contribution in [0.25, 0.3) is 0 Å². The van der Waals surface area contributed by atoms with Gasteiger partial charge in [-0.1, -0.05) is 11.6 Å². The topological polar surface area (TPSA) is 92.8 Å². The number of likely N-dealkylation sites (tertiary alicyclic amines) is 1. The first-order valence-electron chi connectivity index (χ1n) is 8.39. The van der Waals surface area contributed by atoms with Gasteiger partial charge in [0, 0.05) is 12.8 Å². The largest absolute Gasteiger partial charge is 0.466 e. The van der Waals surface area contributed by atoms with Crippen LogP contribution in [0.2, 0.25) is 5.02 Å². The number of carbonyl (C=O) groups is 2. The smallest absolute Gasteiger partial charge is 0.310 e. The summed E-state index contributed by atoms with van der Waals surface area (Å²) in [5.41, 5.74) is 0.249. The average Bonchev–Trinajstić information content (AvgIpc) is 2.56. The summed E-state index contributed by atoms with van der Waals surface area (Å²) in [5.74, 6) is -0.780. The number of ether oxygens (including phenoxy) is 1. The number of carbonyl (C=O) groups excluding carboxylic acids is 2. The number of rotatable bonds is 6. The van der Waals surface area contributed by atoms with Crippen LogP contribution in [0.1, 0.15) is 19.8 Å². The number of nitrogens with one attached hydrogen (secondary N) is 1. The molecule has 1 aromatic rings. The Balaban J connectivity index is 1.99. The fourth-order valence-electron chi connectivity index (χ4n) is 2.88. The predicted molar refractivity (Wildman–Crippen MR) is 99.0 cm³/mol. The molecule has 9 heteroatoms. The highest BCUT2D eigenvalue weighted by Gasteiger charge is 2.27. The van der Waals surface area contributed by atoms with Crippen LogP contribution in [0, 0.1) is 5.92 Å². The van der Waals surface area contributed by atoms with E-state index in [1.54, 1.807) is 6.92 Å². The second-order valence-corrected chi connectivity index (χ2v) is 8.71. The SMILES string of the molecule is CCOC(=O)[C@H]1CCCN(CC(=O)Nc2cc(S(C)(=O)=O)ccc2Cl)C1.